The van der Waals surface area contributed by atoms with Crippen LogP contribution in [0, 0.1) is 21.7 Å². The Hall–Kier alpha value is -1.44. The van der Waals surface area contributed by atoms with Crippen molar-refractivity contribution in [3.05, 3.63) is 57.4 Å². The summed E-state index contributed by atoms with van der Waals surface area (Å²) in [6.45, 7) is 26.6. The first-order valence-corrected chi connectivity index (χ1v) is 13.3. The third-order valence-corrected chi connectivity index (χ3v) is 7.52. The van der Waals surface area contributed by atoms with Crippen LogP contribution < -0.4 is 0 Å². The predicted octanol–water partition coefficient (Wildman–Crippen LogP) is 9.38. The van der Waals surface area contributed by atoms with Gasteiger partial charge in [0, 0.05) is 15.6 Å². The summed E-state index contributed by atoms with van der Waals surface area (Å²) in [6.07, 6.45) is 8.47. The normalized spacial score (nSPS) is 26.4. The second-order valence-electron chi connectivity index (χ2n) is 13.8. The van der Waals surface area contributed by atoms with Crippen LogP contribution in [0.25, 0.3) is 0 Å². The number of fused-ring (bicyclic) bond motifs is 2. The van der Waals surface area contributed by atoms with E-state index in [-0.39, 0.29) is 27.8 Å². The van der Waals surface area contributed by atoms with Crippen LogP contribution in [0.1, 0.15) is 95.9 Å². The number of rotatable bonds is 0. The second-order valence-corrected chi connectivity index (χ2v) is 14.7. The third-order valence-electron chi connectivity index (χ3n) is 6.80. The maximum absolute atomic E-state index is 13.2. The van der Waals surface area contributed by atoms with E-state index in [1.807, 2.05) is 0 Å². The van der Waals surface area contributed by atoms with Gasteiger partial charge in [-0.05, 0) is 51.4 Å². The molecule has 1 aliphatic heterocycles. The minimum Gasteiger partial charge on any atom is -0.233 e. The standard InChI is InChI=1S/C29H44O3P/c1-26(2,3)18-13-14-20-21-16-19(27(4,5)6)17-23(28(7,8)9)24(21)31-33(30)32-25(22(20)15-18)29(10,11)12/h15-17,24H,13-14H2,1-12H3/q+1/b21-20-,25-22?. The van der Waals surface area contributed by atoms with Gasteiger partial charge in [0.25, 0.3) is 0 Å². The smallest absolute Gasteiger partial charge is 0.233 e. The van der Waals surface area contributed by atoms with Crippen molar-refractivity contribution in [1.29, 1.82) is 0 Å². The lowest BCUT2D eigenvalue weighted by molar-refractivity contribution is 0.188. The summed E-state index contributed by atoms with van der Waals surface area (Å²) in [5.74, 6) is 0.767. The van der Waals surface area contributed by atoms with Gasteiger partial charge >= 0.3 is 8.25 Å². The zero-order valence-corrected chi connectivity index (χ0v) is 23.8. The molecule has 0 spiro atoms. The molecule has 1 heterocycles. The van der Waals surface area contributed by atoms with Gasteiger partial charge in [-0.3, -0.25) is 0 Å². The minimum atomic E-state index is -2.31. The Morgan fingerprint density at radius 1 is 0.758 bits per heavy atom. The van der Waals surface area contributed by atoms with Crippen molar-refractivity contribution < 1.29 is 13.6 Å². The van der Waals surface area contributed by atoms with Crippen molar-refractivity contribution in [2.45, 2.75) is 102 Å². The van der Waals surface area contributed by atoms with Gasteiger partial charge in [-0.25, -0.2) is 4.52 Å². The lowest BCUT2D eigenvalue weighted by Crippen LogP contribution is -2.32. The van der Waals surface area contributed by atoms with Gasteiger partial charge in [-0.15, -0.1) is 0 Å². The Labute approximate surface area is 203 Å². The zero-order valence-electron chi connectivity index (χ0n) is 22.9. The predicted molar refractivity (Wildman–Crippen MR) is 139 cm³/mol. The van der Waals surface area contributed by atoms with E-state index in [4.69, 9.17) is 9.05 Å². The quantitative estimate of drug-likeness (QED) is 0.330. The van der Waals surface area contributed by atoms with Gasteiger partial charge in [0.15, 0.2) is 11.9 Å². The fourth-order valence-corrected chi connectivity index (χ4v) is 5.65. The summed E-state index contributed by atoms with van der Waals surface area (Å²) in [6, 6.07) is 0. The topological polar surface area (TPSA) is 35.5 Å². The molecule has 2 aliphatic carbocycles. The van der Waals surface area contributed by atoms with Gasteiger partial charge in [0.2, 0.25) is 0 Å². The van der Waals surface area contributed by atoms with E-state index in [0.29, 0.717) is 0 Å². The molecule has 0 N–H and O–H groups in total. The molecule has 0 saturated heterocycles. The first-order valence-electron chi connectivity index (χ1n) is 12.3. The molecule has 3 aliphatic rings. The molecule has 2 atom stereocenters. The highest BCUT2D eigenvalue weighted by Gasteiger charge is 2.46. The van der Waals surface area contributed by atoms with E-state index in [1.165, 1.54) is 16.7 Å². The van der Waals surface area contributed by atoms with Crippen molar-refractivity contribution >= 4 is 8.25 Å². The van der Waals surface area contributed by atoms with Crippen LogP contribution >= 0.6 is 8.25 Å². The minimum absolute atomic E-state index is 0.00604. The highest BCUT2D eigenvalue weighted by Crippen LogP contribution is 2.53. The molecule has 0 amide bonds. The van der Waals surface area contributed by atoms with E-state index in [9.17, 15) is 4.57 Å². The molecule has 0 bridgehead atoms. The van der Waals surface area contributed by atoms with Crippen molar-refractivity contribution in [2.24, 2.45) is 21.7 Å². The summed E-state index contributed by atoms with van der Waals surface area (Å²) in [7, 11) is -2.31. The van der Waals surface area contributed by atoms with Crippen LogP contribution in [0.3, 0.4) is 0 Å². The second kappa shape index (κ2) is 8.35. The fraction of sp³-hybridized carbons (Fsp3) is 0.655. The molecule has 0 aromatic heterocycles. The largest absolute Gasteiger partial charge is 0.750 e. The van der Waals surface area contributed by atoms with Gasteiger partial charge in [-0.2, -0.15) is 0 Å². The molecule has 33 heavy (non-hydrogen) atoms. The molecule has 3 rings (SSSR count). The molecule has 4 heteroatoms. The molecule has 3 nitrogen and oxygen atoms in total. The SMILES string of the molecule is CC(C)(C)C1=C/C2=C3\CCC(C(C)(C)C)=CC3=C(C(C)(C)C)O[P+](=O)OC2C(C(C)(C)C)=C1. The first-order chi connectivity index (χ1) is 14.8. The summed E-state index contributed by atoms with van der Waals surface area (Å²) in [4.78, 5) is 0. The van der Waals surface area contributed by atoms with Crippen LogP contribution in [0.15, 0.2) is 57.4 Å². The van der Waals surface area contributed by atoms with Gasteiger partial charge in [0.1, 0.15) is 0 Å². The van der Waals surface area contributed by atoms with Crippen molar-refractivity contribution in [3.8, 4) is 0 Å². The average Bonchev–Trinajstić information content (AvgIpc) is 2.61. The van der Waals surface area contributed by atoms with Crippen molar-refractivity contribution in [3.63, 3.8) is 0 Å². The molecule has 0 aromatic carbocycles. The van der Waals surface area contributed by atoms with Crippen LogP contribution in [0.2, 0.25) is 0 Å². The lowest BCUT2D eigenvalue weighted by atomic mass is 9.69. The molecule has 2 unspecified atom stereocenters. The van der Waals surface area contributed by atoms with Crippen LogP contribution in [-0.4, -0.2) is 6.10 Å². The summed E-state index contributed by atoms with van der Waals surface area (Å²) in [5, 5.41) is 0. The Kier molecular flexibility index (Phi) is 6.62. The summed E-state index contributed by atoms with van der Waals surface area (Å²) in [5.41, 5.74) is 7.02. The van der Waals surface area contributed by atoms with E-state index in [2.05, 4.69) is 101 Å². The molecule has 0 radical (unpaired) electrons. The first kappa shape index (κ1) is 26.2. The van der Waals surface area contributed by atoms with E-state index in [1.54, 1.807) is 0 Å². The Balaban J connectivity index is 2.42. The Morgan fingerprint density at radius 3 is 1.85 bits per heavy atom. The zero-order chi connectivity index (χ0) is 25.1. The number of hydrogen-bond acceptors (Lipinski definition) is 3. The maximum Gasteiger partial charge on any atom is 0.750 e. The number of hydrogen-bond donors (Lipinski definition) is 0. The van der Waals surface area contributed by atoms with Gasteiger partial charge in [0.05, 0.1) is 0 Å². The van der Waals surface area contributed by atoms with E-state index in [0.717, 1.165) is 35.3 Å². The third kappa shape index (κ3) is 5.46. The van der Waals surface area contributed by atoms with E-state index >= 15 is 0 Å². The number of allylic oxidation sites excluding steroid dienone is 7. The molecule has 182 valence electrons. The maximum atomic E-state index is 13.2. The highest BCUT2D eigenvalue weighted by molar-refractivity contribution is 7.33. The van der Waals surface area contributed by atoms with Crippen LogP contribution in [-0.2, 0) is 13.6 Å². The lowest BCUT2D eigenvalue weighted by Gasteiger charge is -2.38. The fourth-order valence-electron chi connectivity index (χ4n) is 4.69. The van der Waals surface area contributed by atoms with Crippen molar-refractivity contribution in [2.75, 3.05) is 0 Å². The molecular formula is C29H44O3P+. The van der Waals surface area contributed by atoms with Crippen LogP contribution in [0.4, 0.5) is 0 Å². The Morgan fingerprint density at radius 2 is 1.36 bits per heavy atom. The molecule has 0 fully saturated rings. The van der Waals surface area contributed by atoms with Gasteiger partial charge in [-0.1, -0.05) is 111 Å². The van der Waals surface area contributed by atoms with Gasteiger partial charge < -0.3 is 0 Å². The average molecular weight is 472 g/mol. The molecule has 0 aromatic rings. The summed E-state index contributed by atoms with van der Waals surface area (Å²) >= 11 is 0. The monoisotopic (exact) mass is 471 g/mol. The van der Waals surface area contributed by atoms with E-state index < -0.39 is 8.25 Å². The van der Waals surface area contributed by atoms with Crippen molar-refractivity contribution in [1.82, 2.24) is 0 Å². The highest BCUT2D eigenvalue weighted by atomic mass is 31.1. The summed E-state index contributed by atoms with van der Waals surface area (Å²) < 4.78 is 25.6. The molecule has 0 saturated carbocycles. The Bertz CT molecular complexity index is 1000. The molecular weight excluding hydrogens is 427 g/mol. The van der Waals surface area contributed by atoms with Crippen LogP contribution in [0.5, 0.6) is 0 Å².